The molecule has 1 amide bonds. The molecular weight excluding hydrogens is 280 g/mol. The van der Waals surface area contributed by atoms with Gasteiger partial charge in [0.15, 0.2) is 0 Å². The van der Waals surface area contributed by atoms with Gasteiger partial charge in [-0.2, -0.15) is 0 Å². The summed E-state index contributed by atoms with van der Waals surface area (Å²) in [5, 5.41) is 12.5. The Morgan fingerprint density at radius 2 is 2.14 bits per heavy atom. The number of amides is 1. The lowest BCUT2D eigenvalue weighted by molar-refractivity contribution is -0.150. The Morgan fingerprint density at radius 1 is 1.41 bits per heavy atom. The second-order valence-corrected chi connectivity index (χ2v) is 6.22. The minimum Gasteiger partial charge on any atom is -0.396 e. The Kier molecular flexibility index (Phi) is 5.94. The summed E-state index contributed by atoms with van der Waals surface area (Å²) in [6, 6.07) is 7.76. The fourth-order valence-corrected chi connectivity index (χ4v) is 2.73. The molecule has 1 aromatic rings. The fourth-order valence-electron chi connectivity index (χ4n) is 2.73. The number of carbonyl (C=O) groups excluding carboxylic acids is 1. The van der Waals surface area contributed by atoms with Crippen LogP contribution in [-0.2, 0) is 9.53 Å². The summed E-state index contributed by atoms with van der Waals surface area (Å²) in [5.41, 5.74) is 1.71. The molecule has 1 saturated heterocycles. The molecule has 0 spiro atoms. The fraction of sp³-hybridized carbons (Fsp3) is 0.588. The summed E-state index contributed by atoms with van der Waals surface area (Å²) in [4.78, 5) is 14.4. The number of nitrogens with one attached hydrogen (secondary N) is 1. The maximum absolute atomic E-state index is 12.3. The summed E-state index contributed by atoms with van der Waals surface area (Å²) < 4.78 is 5.24. The van der Waals surface area contributed by atoms with Gasteiger partial charge < -0.3 is 15.2 Å². The molecule has 0 atom stereocenters. The van der Waals surface area contributed by atoms with Gasteiger partial charge in [-0.25, -0.2) is 0 Å². The Bertz CT molecular complexity index is 495. The Labute approximate surface area is 132 Å². The third-order valence-electron chi connectivity index (χ3n) is 4.04. The molecule has 22 heavy (non-hydrogen) atoms. The van der Waals surface area contributed by atoms with Crippen LogP contribution in [0.1, 0.15) is 18.9 Å². The van der Waals surface area contributed by atoms with Crippen LogP contribution < -0.4 is 5.32 Å². The molecule has 122 valence electrons. The Hall–Kier alpha value is -1.43. The highest BCUT2D eigenvalue weighted by Gasteiger charge is 2.39. The van der Waals surface area contributed by atoms with E-state index in [0.29, 0.717) is 26.3 Å². The van der Waals surface area contributed by atoms with Crippen LogP contribution in [0.2, 0.25) is 0 Å². The third kappa shape index (κ3) is 4.29. The molecule has 0 unspecified atom stereocenters. The second-order valence-electron chi connectivity index (χ2n) is 6.22. The van der Waals surface area contributed by atoms with Crippen molar-refractivity contribution in [2.75, 3.05) is 44.8 Å². The quantitative estimate of drug-likeness (QED) is 0.767. The van der Waals surface area contributed by atoms with Gasteiger partial charge in [0.2, 0.25) is 5.91 Å². The SMILES string of the molecule is CCCN(CC(=O)Nc1ccccc1C)CC1(CO)COC1. The lowest BCUT2D eigenvalue weighted by atomic mass is 9.86. The molecule has 1 aromatic carbocycles. The number of aliphatic hydroxyl groups excluding tert-OH is 1. The van der Waals surface area contributed by atoms with Crippen molar-refractivity contribution in [1.29, 1.82) is 0 Å². The number of carbonyl (C=O) groups is 1. The molecule has 1 fully saturated rings. The summed E-state index contributed by atoms with van der Waals surface area (Å²) >= 11 is 0. The number of nitrogens with zero attached hydrogens (tertiary/aromatic N) is 1. The van der Waals surface area contributed by atoms with E-state index >= 15 is 0 Å². The Morgan fingerprint density at radius 3 is 2.68 bits per heavy atom. The molecule has 5 nitrogen and oxygen atoms in total. The number of benzene rings is 1. The van der Waals surface area contributed by atoms with Crippen molar-refractivity contribution in [2.24, 2.45) is 5.41 Å². The molecule has 5 heteroatoms. The van der Waals surface area contributed by atoms with Gasteiger partial charge in [0.05, 0.1) is 31.8 Å². The normalized spacial score (nSPS) is 16.4. The summed E-state index contributed by atoms with van der Waals surface area (Å²) in [7, 11) is 0. The van der Waals surface area contributed by atoms with E-state index in [1.165, 1.54) is 0 Å². The first-order valence-electron chi connectivity index (χ1n) is 7.85. The smallest absolute Gasteiger partial charge is 0.238 e. The summed E-state index contributed by atoms with van der Waals surface area (Å²) in [6.45, 7) is 7.19. The molecular formula is C17H26N2O3. The van der Waals surface area contributed by atoms with Crippen LogP contribution in [0.15, 0.2) is 24.3 Å². The number of ether oxygens (including phenoxy) is 1. The highest BCUT2D eigenvalue weighted by molar-refractivity contribution is 5.92. The highest BCUT2D eigenvalue weighted by Crippen LogP contribution is 2.28. The van der Waals surface area contributed by atoms with E-state index in [-0.39, 0.29) is 17.9 Å². The van der Waals surface area contributed by atoms with Gasteiger partial charge in [0.1, 0.15) is 0 Å². The first-order valence-corrected chi connectivity index (χ1v) is 7.85. The molecule has 0 radical (unpaired) electrons. The van der Waals surface area contributed by atoms with Crippen molar-refractivity contribution in [3.8, 4) is 0 Å². The maximum atomic E-state index is 12.3. The first kappa shape index (κ1) is 16.9. The number of aryl methyl sites for hydroxylation is 1. The monoisotopic (exact) mass is 306 g/mol. The van der Waals surface area contributed by atoms with Crippen molar-refractivity contribution in [3.63, 3.8) is 0 Å². The van der Waals surface area contributed by atoms with E-state index in [1.54, 1.807) is 0 Å². The van der Waals surface area contributed by atoms with Crippen LogP contribution in [-0.4, -0.2) is 55.4 Å². The lowest BCUT2D eigenvalue weighted by Crippen LogP contribution is -2.54. The number of rotatable bonds is 8. The maximum Gasteiger partial charge on any atom is 0.238 e. The van der Waals surface area contributed by atoms with Gasteiger partial charge in [-0.1, -0.05) is 25.1 Å². The number of aliphatic hydroxyl groups is 1. The van der Waals surface area contributed by atoms with E-state index < -0.39 is 0 Å². The van der Waals surface area contributed by atoms with Crippen molar-refractivity contribution in [1.82, 2.24) is 4.90 Å². The van der Waals surface area contributed by atoms with Gasteiger partial charge in [0.25, 0.3) is 0 Å². The van der Waals surface area contributed by atoms with Crippen molar-refractivity contribution in [3.05, 3.63) is 29.8 Å². The summed E-state index contributed by atoms with van der Waals surface area (Å²) in [5.74, 6) is -0.0175. The van der Waals surface area contributed by atoms with E-state index in [9.17, 15) is 9.90 Å². The number of anilines is 1. The topological polar surface area (TPSA) is 61.8 Å². The van der Waals surface area contributed by atoms with Gasteiger partial charge in [-0.05, 0) is 31.5 Å². The van der Waals surface area contributed by atoms with Gasteiger partial charge in [-0.15, -0.1) is 0 Å². The van der Waals surface area contributed by atoms with E-state index in [2.05, 4.69) is 17.1 Å². The predicted octanol–water partition coefficient (Wildman–Crippen LogP) is 1.65. The van der Waals surface area contributed by atoms with Crippen LogP contribution in [0.5, 0.6) is 0 Å². The molecule has 1 aliphatic rings. The van der Waals surface area contributed by atoms with E-state index in [1.807, 2.05) is 31.2 Å². The van der Waals surface area contributed by atoms with Gasteiger partial charge in [-0.3, -0.25) is 9.69 Å². The molecule has 1 aliphatic heterocycles. The zero-order valence-corrected chi connectivity index (χ0v) is 13.5. The van der Waals surface area contributed by atoms with E-state index in [0.717, 1.165) is 24.2 Å². The molecule has 0 aliphatic carbocycles. The highest BCUT2D eigenvalue weighted by atomic mass is 16.5. The number of para-hydroxylation sites is 1. The average Bonchev–Trinajstić information content (AvgIpc) is 2.45. The van der Waals surface area contributed by atoms with Crippen LogP contribution in [0.3, 0.4) is 0 Å². The molecule has 2 rings (SSSR count). The number of hydrogen-bond acceptors (Lipinski definition) is 4. The zero-order chi connectivity index (χ0) is 16.0. The molecule has 0 bridgehead atoms. The van der Waals surface area contributed by atoms with Crippen molar-refractivity contribution >= 4 is 11.6 Å². The largest absolute Gasteiger partial charge is 0.396 e. The minimum absolute atomic E-state index is 0.0175. The van der Waals surface area contributed by atoms with Gasteiger partial charge in [0, 0.05) is 12.2 Å². The zero-order valence-electron chi connectivity index (χ0n) is 13.5. The first-order chi connectivity index (χ1) is 10.6. The summed E-state index contributed by atoms with van der Waals surface area (Å²) in [6.07, 6.45) is 0.972. The number of hydrogen-bond donors (Lipinski definition) is 2. The minimum atomic E-state index is -0.196. The molecule has 0 saturated carbocycles. The van der Waals surface area contributed by atoms with Crippen LogP contribution in [0.25, 0.3) is 0 Å². The standard InChI is InChI=1S/C17H26N2O3/c1-3-8-19(10-17(11-20)12-22-13-17)9-16(21)18-15-7-5-4-6-14(15)2/h4-7,20H,3,8-13H2,1-2H3,(H,18,21). The molecule has 2 N–H and O–H groups in total. The third-order valence-corrected chi connectivity index (χ3v) is 4.04. The lowest BCUT2D eigenvalue weighted by Gasteiger charge is -2.43. The average molecular weight is 306 g/mol. The van der Waals surface area contributed by atoms with Crippen LogP contribution >= 0.6 is 0 Å². The van der Waals surface area contributed by atoms with Crippen molar-refractivity contribution in [2.45, 2.75) is 20.3 Å². The van der Waals surface area contributed by atoms with E-state index in [4.69, 9.17) is 4.74 Å². The van der Waals surface area contributed by atoms with Gasteiger partial charge >= 0.3 is 0 Å². The predicted molar refractivity (Wildman–Crippen MR) is 86.9 cm³/mol. The Balaban J connectivity index is 1.92. The molecule has 0 aromatic heterocycles. The molecule has 1 heterocycles. The van der Waals surface area contributed by atoms with Crippen LogP contribution in [0, 0.1) is 12.3 Å². The van der Waals surface area contributed by atoms with Crippen molar-refractivity contribution < 1.29 is 14.6 Å². The van der Waals surface area contributed by atoms with Crippen LogP contribution in [0.4, 0.5) is 5.69 Å². The second kappa shape index (κ2) is 7.72.